The predicted molar refractivity (Wildman–Crippen MR) is 153 cm³/mol. The molecule has 4 nitrogen and oxygen atoms in total. The van der Waals surface area contributed by atoms with Crippen molar-refractivity contribution in [3.8, 4) is 0 Å². The molecule has 0 radical (unpaired) electrons. The average Bonchev–Trinajstić information content (AvgIpc) is 2.91. The van der Waals surface area contributed by atoms with Gasteiger partial charge in [-0.2, -0.15) is 0 Å². The van der Waals surface area contributed by atoms with E-state index in [1.807, 2.05) is 33.8 Å². The summed E-state index contributed by atoms with van der Waals surface area (Å²) in [6.07, 6.45) is 10.5. The molecule has 4 rings (SSSR count). The molecule has 0 saturated carbocycles. The Bertz CT molecular complexity index is 1360. The van der Waals surface area contributed by atoms with E-state index in [4.69, 9.17) is 0 Å². The van der Waals surface area contributed by atoms with Gasteiger partial charge in [0.2, 0.25) is 0 Å². The maximum atomic E-state index is 12.5. The Morgan fingerprint density at radius 2 is 1.45 bits per heavy atom. The zero-order chi connectivity index (χ0) is 28.3. The monoisotopic (exact) mass is 512 g/mol. The van der Waals surface area contributed by atoms with E-state index in [0.29, 0.717) is 24.0 Å². The number of allylic oxidation sites excluding steroid dienone is 10. The van der Waals surface area contributed by atoms with Crippen molar-refractivity contribution < 1.29 is 19.2 Å². The molecular formula is C34H40O4. The number of rotatable bonds is 6. The van der Waals surface area contributed by atoms with Gasteiger partial charge in [0.15, 0.2) is 23.1 Å². The number of benzene rings is 1. The lowest BCUT2D eigenvalue weighted by Gasteiger charge is -2.28. The smallest absolute Gasteiger partial charge is 0.196 e. The largest absolute Gasteiger partial charge is 0.294 e. The first kappa shape index (κ1) is 29.2. The summed E-state index contributed by atoms with van der Waals surface area (Å²) >= 11 is 0. The molecule has 3 aliphatic carbocycles. The summed E-state index contributed by atoms with van der Waals surface area (Å²) in [6, 6.07) is 4.16. The molecule has 0 aliphatic heterocycles. The van der Waals surface area contributed by atoms with Gasteiger partial charge in [-0.05, 0) is 73.1 Å². The zero-order valence-electron chi connectivity index (χ0n) is 24.1. The van der Waals surface area contributed by atoms with Gasteiger partial charge >= 0.3 is 0 Å². The first-order valence-corrected chi connectivity index (χ1v) is 13.8. The topological polar surface area (TPSA) is 68.3 Å². The van der Waals surface area contributed by atoms with Crippen LogP contribution in [0.25, 0.3) is 0 Å². The van der Waals surface area contributed by atoms with E-state index in [-0.39, 0.29) is 35.0 Å². The summed E-state index contributed by atoms with van der Waals surface area (Å²) < 4.78 is 0. The van der Waals surface area contributed by atoms with Gasteiger partial charge in [0.1, 0.15) is 0 Å². The third-order valence-corrected chi connectivity index (χ3v) is 7.73. The number of Topliss-reactive ketones (excluding diaryl/α,β-unsaturated/α-hetero) is 4. The van der Waals surface area contributed by atoms with Gasteiger partial charge in [-0.3, -0.25) is 19.2 Å². The Morgan fingerprint density at radius 3 is 2.03 bits per heavy atom. The van der Waals surface area contributed by atoms with Crippen LogP contribution in [0, 0.1) is 12.8 Å². The Hall–Kier alpha value is -3.40. The number of fused-ring (bicyclic) bond motifs is 2. The van der Waals surface area contributed by atoms with Crippen LogP contribution in [-0.4, -0.2) is 23.1 Å². The molecule has 0 saturated heterocycles. The Morgan fingerprint density at radius 1 is 0.816 bits per heavy atom. The first-order chi connectivity index (χ1) is 18.0. The molecule has 4 heteroatoms. The molecule has 0 bridgehead atoms. The third kappa shape index (κ3) is 5.55. The summed E-state index contributed by atoms with van der Waals surface area (Å²) in [5.74, 6) is -0.357. The van der Waals surface area contributed by atoms with E-state index in [0.717, 1.165) is 46.3 Å². The summed E-state index contributed by atoms with van der Waals surface area (Å²) in [5, 5.41) is 0. The molecule has 1 aromatic rings. The van der Waals surface area contributed by atoms with Crippen molar-refractivity contribution in [1.82, 2.24) is 0 Å². The maximum absolute atomic E-state index is 12.5. The second-order valence-electron chi connectivity index (χ2n) is 10.4. The number of aryl methyl sites for hydroxylation is 2. The molecule has 200 valence electrons. The number of ketones is 4. The minimum Gasteiger partial charge on any atom is -0.294 e. The molecule has 0 N–H and O–H groups in total. The van der Waals surface area contributed by atoms with Crippen molar-refractivity contribution in [2.75, 3.05) is 0 Å². The average molecular weight is 513 g/mol. The van der Waals surface area contributed by atoms with Gasteiger partial charge in [0.05, 0.1) is 17.1 Å². The number of carbonyl (C=O) groups excluding carboxylic acids is 4. The van der Waals surface area contributed by atoms with E-state index in [2.05, 4.69) is 38.1 Å². The van der Waals surface area contributed by atoms with E-state index in [1.165, 1.54) is 11.1 Å². The first-order valence-electron chi connectivity index (χ1n) is 13.8. The second-order valence-corrected chi connectivity index (χ2v) is 10.4. The number of hydrogen-bond acceptors (Lipinski definition) is 4. The van der Waals surface area contributed by atoms with Gasteiger partial charge in [-0.1, -0.05) is 70.6 Å². The summed E-state index contributed by atoms with van der Waals surface area (Å²) in [7, 11) is 0. The molecule has 0 fully saturated rings. The van der Waals surface area contributed by atoms with Crippen molar-refractivity contribution in [3.05, 3.63) is 92.1 Å². The second kappa shape index (κ2) is 12.0. The standard InChI is InChI=1S/2C17H20O2/c2*1-5-12-7-11(4)16-13(9-12)10(3)8-14(17(16)19)15(18)6-2/h7-9,16H,5-6H2,1-4H3;7-10H,5-6H2,1-4H3. The molecule has 1 aromatic carbocycles. The molecular weight excluding hydrogens is 472 g/mol. The SMILES string of the molecule is CCC(=O)C1=CC(C)=C2C=C(CC)C=C(C)C2C1=O.CCC(=O)C1=CC(C)c2cc(CC)cc(C)c2C1=O. The van der Waals surface area contributed by atoms with Gasteiger partial charge in [-0.25, -0.2) is 0 Å². The van der Waals surface area contributed by atoms with Crippen LogP contribution in [0.4, 0.5) is 0 Å². The van der Waals surface area contributed by atoms with Crippen molar-refractivity contribution in [2.45, 2.75) is 87.0 Å². The van der Waals surface area contributed by atoms with E-state index in [1.54, 1.807) is 19.9 Å². The number of hydrogen-bond donors (Lipinski definition) is 0. The van der Waals surface area contributed by atoms with Crippen LogP contribution >= 0.6 is 0 Å². The van der Waals surface area contributed by atoms with Gasteiger partial charge in [0.25, 0.3) is 0 Å². The highest BCUT2D eigenvalue weighted by atomic mass is 16.2. The lowest BCUT2D eigenvalue weighted by atomic mass is 9.73. The lowest BCUT2D eigenvalue weighted by molar-refractivity contribution is -0.122. The fourth-order valence-electron chi connectivity index (χ4n) is 5.50. The van der Waals surface area contributed by atoms with Gasteiger partial charge < -0.3 is 0 Å². The highest BCUT2D eigenvalue weighted by Crippen LogP contribution is 2.38. The highest BCUT2D eigenvalue weighted by molar-refractivity contribution is 6.28. The van der Waals surface area contributed by atoms with E-state index in [9.17, 15) is 19.2 Å². The predicted octanol–water partition coefficient (Wildman–Crippen LogP) is 7.47. The van der Waals surface area contributed by atoms with Crippen LogP contribution < -0.4 is 0 Å². The van der Waals surface area contributed by atoms with Gasteiger partial charge in [0, 0.05) is 24.3 Å². The third-order valence-electron chi connectivity index (χ3n) is 7.73. The lowest BCUT2D eigenvalue weighted by Crippen LogP contribution is -2.28. The fraction of sp³-hybridized carbons (Fsp3) is 0.412. The quantitative estimate of drug-likeness (QED) is 0.371. The molecule has 0 aromatic heterocycles. The molecule has 0 amide bonds. The normalized spacial score (nSPS) is 20.3. The van der Waals surface area contributed by atoms with E-state index >= 15 is 0 Å². The van der Waals surface area contributed by atoms with Crippen LogP contribution in [-0.2, 0) is 20.8 Å². The molecule has 38 heavy (non-hydrogen) atoms. The summed E-state index contributed by atoms with van der Waals surface area (Å²) in [4.78, 5) is 48.8. The molecule has 0 heterocycles. The highest BCUT2D eigenvalue weighted by Gasteiger charge is 2.35. The minimum atomic E-state index is -0.245. The van der Waals surface area contributed by atoms with Crippen molar-refractivity contribution in [1.29, 1.82) is 0 Å². The van der Waals surface area contributed by atoms with Crippen LogP contribution in [0.5, 0.6) is 0 Å². The van der Waals surface area contributed by atoms with Crippen LogP contribution in [0.2, 0.25) is 0 Å². The zero-order valence-corrected chi connectivity index (χ0v) is 24.1. The molecule has 2 atom stereocenters. The Kier molecular flexibility index (Phi) is 9.19. The van der Waals surface area contributed by atoms with E-state index < -0.39 is 0 Å². The number of carbonyl (C=O) groups is 4. The summed E-state index contributed by atoms with van der Waals surface area (Å²) in [5.41, 5.74) is 9.18. The molecule has 2 unspecified atom stereocenters. The molecule has 3 aliphatic rings. The fourth-order valence-corrected chi connectivity index (χ4v) is 5.50. The molecule has 0 spiro atoms. The van der Waals surface area contributed by atoms with Gasteiger partial charge in [-0.15, -0.1) is 0 Å². The Balaban J connectivity index is 0.000000211. The summed E-state index contributed by atoms with van der Waals surface area (Å²) in [6.45, 7) is 15.8. The minimum absolute atomic E-state index is 0.0346. The van der Waals surface area contributed by atoms with Crippen molar-refractivity contribution in [2.24, 2.45) is 5.92 Å². The maximum Gasteiger partial charge on any atom is 0.196 e. The van der Waals surface area contributed by atoms with Crippen LogP contribution in [0.3, 0.4) is 0 Å². The van der Waals surface area contributed by atoms with Crippen molar-refractivity contribution in [3.63, 3.8) is 0 Å². The van der Waals surface area contributed by atoms with Crippen LogP contribution in [0.1, 0.15) is 101 Å². The van der Waals surface area contributed by atoms with Crippen molar-refractivity contribution >= 4 is 23.1 Å². The van der Waals surface area contributed by atoms with Crippen LogP contribution in [0.15, 0.2) is 69.9 Å². The Labute approximate surface area is 227 Å².